The quantitative estimate of drug-likeness (QED) is 0.811. The van der Waals surface area contributed by atoms with Crippen molar-refractivity contribution in [3.05, 3.63) is 35.9 Å². The first kappa shape index (κ1) is 14.4. The van der Waals surface area contributed by atoms with E-state index in [1.165, 1.54) is 19.1 Å². The third kappa shape index (κ3) is 2.76. The van der Waals surface area contributed by atoms with Crippen LogP contribution in [0.15, 0.2) is 30.3 Å². The second-order valence-electron chi connectivity index (χ2n) is 3.94. The molecule has 0 aliphatic rings. The lowest BCUT2D eigenvalue weighted by Gasteiger charge is -2.14. The predicted molar refractivity (Wildman–Crippen MR) is 66.3 cm³/mol. The van der Waals surface area contributed by atoms with Crippen molar-refractivity contribution in [1.82, 2.24) is 0 Å². The first-order chi connectivity index (χ1) is 8.28. The Bertz CT molecular complexity index is 547. The van der Waals surface area contributed by atoms with Gasteiger partial charge in [-0.15, -0.1) is 0 Å². The van der Waals surface area contributed by atoms with Gasteiger partial charge in [0.25, 0.3) is 0 Å². The average Bonchev–Trinajstić information content (AvgIpc) is 2.36. The second-order valence-corrected chi connectivity index (χ2v) is 6.53. The Morgan fingerprint density at radius 2 is 1.56 bits per heavy atom. The SMILES string of the molecule is CC(C(=O)O)S(=O)(=O)C(C)C(=O)c1ccccc1. The van der Waals surface area contributed by atoms with Gasteiger partial charge < -0.3 is 5.11 Å². The number of carboxylic acid groups (broad SMARTS) is 1. The minimum atomic E-state index is -4.03. The normalized spacial score (nSPS) is 14.8. The predicted octanol–water partition coefficient (Wildman–Crippen LogP) is 1.15. The van der Waals surface area contributed by atoms with Crippen molar-refractivity contribution < 1.29 is 23.1 Å². The molecule has 0 saturated heterocycles. The summed E-state index contributed by atoms with van der Waals surface area (Å²) >= 11 is 0. The number of hydrogen-bond donors (Lipinski definition) is 1. The summed E-state index contributed by atoms with van der Waals surface area (Å²) in [5, 5.41) is 5.76. The fourth-order valence-electron chi connectivity index (χ4n) is 1.43. The molecule has 2 atom stereocenters. The van der Waals surface area contributed by atoms with Crippen LogP contribution in [-0.2, 0) is 14.6 Å². The summed E-state index contributed by atoms with van der Waals surface area (Å²) in [5.41, 5.74) is 0.256. The summed E-state index contributed by atoms with van der Waals surface area (Å²) in [7, 11) is -4.03. The third-order valence-electron chi connectivity index (χ3n) is 2.76. The summed E-state index contributed by atoms with van der Waals surface area (Å²) in [6.45, 7) is 2.27. The maximum atomic E-state index is 11.9. The zero-order valence-electron chi connectivity index (χ0n) is 10.0. The summed E-state index contributed by atoms with van der Waals surface area (Å²) in [4.78, 5) is 22.7. The molecule has 98 valence electrons. The largest absolute Gasteiger partial charge is 0.480 e. The number of Topliss-reactive ketones (excluding diaryl/α,β-unsaturated/α-hetero) is 1. The molecule has 1 rings (SSSR count). The van der Waals surface area contributed by atoms with E-state index in [0.717, 1.165) is 6.92 Å². The molecule has 1 aromatic rings. The zero-order valence-corrected chi connectivity index (χ0v) is 10.8. The molecule has 0 bridgehead atoms. The highest BCUT2D eigenvalue weighted by Gasteiger charge is 2.37. The van der Waals surface area contributed by atoms with Crippen molar-refractivity contribution in [2.24, 2.45) is 0 Å². The molecule has 0 saturated carbocycles. The number of benzene rings is 1. The first-order valence-electron chi connectivity index (χ1n) is 5.33. The Balaban J connectivity index is 3.05. The lowest BCUT2D eigenvalue weighted by Crippen LogP contribution is -2.38. The number of ketones is 1. The molecular weight excluding hydrogens is 256 g/mol. The van der Waals surface area contributed by atoms with Gasteiger partial charge in [-0.25, -0.2) is 8.42 Å². The molecular formula is C12H14O5S. The summed E-state index contributed by atoms with van der Waals surface area (Å²) < 4.78 is 23.8. The van der Waals surface area contributed by atoms with Crippen LogP contribution in [0.3, 0.4) is 0 Å². The van der Waals surface area contributed by atoms with E-state index in [1.54, 1.807) is 18.2 Å². The average molecular weight is 270 g/mol. The number of carbonyl (C=O) groups is 2. The van der Waals surface area contributed by atoms with Gasteiger partial charge in [0.1, 0.15) is 5.25 Å². The molecule has 0 fully saturated rings. The van der Waals surface area contributed by atoms with Crippen LogP contribution < -0.4 is 0 Å². The number of rotatable bonds is 5. The molecule has 1 N–H and O–H groups in total. The summed E-state index contributed by atoms with van der Waals surface area (Å²) in [6.07, 6.45) is 0. The molecule has 2 unspecified atom stereocenters. The van der Waals surface area contributed by atoms with Gasteiger partial charge in [-0.05, 0) is 13.8 Å². The van der Waals surface area contributed by atoms with Crippen molar-refractivity contribution in [3.8, 4) is 0 Å². The van der Waals surface area contributed by atoms with Crippen molar-refractivity contribution in [2.45, 2.75) is 24.3 Å². The van der Waals surface area contributed by atoms with Crippen LogP contribution in [0.25, 0.3) is 0 Å². The number of aliphatic carboxylic acids is 1. The van der Waals surface area contributed by atoms with Gasteiger partial charge in [0, 0.05) is 5.56 Å². The van der Waals surface area contributed by atoms with Gasteiger partial charge in [-0.1, -0.05) is 30.3 Å². The molecule has 1 aromatic carbocycles. The van der Waals surface area contributed by atoms with E-state index in [4.69, 9.17) is 5.11 Å². The fourth-order valence-corrected chi connectivity index (χ4v) is 2.76. The van der Waals surface area contributed by atoms with Crippen molar-refractivity contribution in [3.63, 3.8) is 0 Å². The Hall–Kier alpha value is -1.69. The number of sulfone groups is 1. The highest BCUT2D eigenvalue weighted by Crippen LogP contribution is 2.15. The minimum Gasteiger partial charge on any atom is -0.480 e. The van der Waals surface area contributed by atoms with Gasteiger partial charge in [0.05, 0.1) is 0 Å². The Morgan fingerprint density at radius 3 is 2.00 bits per heavy atom. The molecule has 0 aromatic heterocycles. The van der Waals surface area contributed by atoms with Crippen molar-refractivity contribution in [2.75, 3.05) is 0 Å². The van der Waals surface area contributed by atoms with Gasteiger partial charge in [-0.2, -0.15) is 0 Å². The van der Waals surface area contributed by atoms with Crippen LogP contribution in [0.5, 0.6) is 0 Å². The maximum absolute atomic E-state index is 11.9. The van der Waals surface area contributed by atoms with Crippen molar-refractivity contribution >= 4 is 21.6 Å². The zero-order chi connectivity index (χ0) is 13.9. The molecule has 0 amide bonds. The molecule has 0 aliphatic carbocycles. The second kappa shape index (κ2) is 5.30. The van der Waals surface area contributed by atoms with E-state index >= 15 is 0 Å². The van der Waals surface area contributed by atoms with Crippen LogP contribution in [0.1, 0.15) is 24.2 Å². The molecule has 0 aliphatic heterocycles. The molecule has 0 radical (unpaired) electrons. The van der Waals surface area contributed by atoms with Gasteiger partial charge in [0.15, 0.2) is 20.9 Å². The van der Waals surface area contributed by atoms with E-state index in [9.17, 15) is 18.0 Å². The van der Waals surface area contributed by atoms with Crippen LogP contribution in [0.4, 0.5) is 0 Å². The summed E-state index contributed by atoms with van der Waals surface area (Å²) in [5.74, 6) is -2.05. The maximum Gasteiger partial charge on any atom is 0.321 e. The van der Waals surface area contributed by atoms with E-state index < -0.39 is 32.1 Å². The topological polar surface area (TPSA) is 88.5 Å². The monoisotopic (exact) mass is 270 g/mol. The molecule has 5 nitrogen and oxygen atoms in total. The van der Waals surface area contributed by atoms with Gasteiger partial charge >= 0.3 is 5.97 Å². The van der Waals surface area contributed by atoms with E-state index in [1.807, 2.05) is 0 Å². The highest BCUT2D eigenvalue weighted by molar-refractivity contribution is 7.94. The molecule has 18 heavy (non-hydrogen) atoms. The highest BCUT2D eigenvalue weighted by atomic mass is 32.2. The van der Waals surface area contributed by atoms with E-state index in [-0.39, 0.29) is 5.56 Å². The third-order valence-corrected chi connectivity index (χ3v) is 5.15. The van der Waals surface area contributed by atoms with Crippen LogP contribution in [-0.4, -0.2) is 35.8 Å². The fraction of sp³-hybridized carbons (Fsp3) is 0.333. The Labute approximate surface area is 105 Å². The molecule has 6 heteroatoms. The van der Waals surface area contributed by atoms with Gasteiger partial charge in [-0.3, -0.25) is 9.59 Å². The minimum absolute atomic E-state index is 0.256. The number of carboxylic acids is 1. The number of carbonyl (C=O) groups excluding carboxylic acids is 1. The van der Waals surface area contributed by atoms with E-state index in [0.29, 0.717) is 0 Å². The van der Waals surface area contributed by atoms with Crippen LogP contribution in [0.2, 0.25) is 0 Å². The van der Waals surface area contributed by atoms with Gasteiger partial charge in [0.2, 0.25) is 0 Å². The molecule has 0 heterocycles. The van der Waals surface area contributed by atoms with Crippen LogP contribution in [0, 0.1) is 0 Å². The van der Waals surface area contributed by atoms with E-state index in [2.05, 4.69) is 0 Å². The number of hydrogen-bond acceptors (Lipinski definition) is 4. The lowest BCUT2D eigenvalue weighted by atomic mass is 10.1. The smallest absolute Gasteiger partial charge is 0.321 e. The standard InChI is InChI=1S/C12H14O5S/c1-8(18(16,17)9(2)12(14)15)11(13)10-6-4-3-5-7-10/h3-9H,1-2H3,(H,14,15). The first-order valence-corrected chi connectivity index (χ1v) is 6.94. The lowest BCUT2D eigenvalue weighted by molar-refractivity contribution is -0.136. The summed E-state index contributed by atoms with van der Waals surface area (Å²) in [6, 6.07) is 7.94. The Kier molecular flexibility index (Phi) is 4.24. The van der Waals surface area contributed by atoms with Crippen LogP contribution >= 0.6 is 0 Å². The van der Waals surface area contributed by atoms with Crippen molar-refractivity contribution in [1.29, 1.82) is 0 Å². The molecule has 0 spiro atoms. The Morgan fingerprint density at radius 1 is 1.06 bits per heavy atom.